The van der Waals surface area contributed by atoms with E-state index in [2.05, 4.69) is 87.9 Å². The van der Waals surface area contributed by atoms with Crippen LogP contribution in [0, 0.1) is 0 Å². The maximum absolute atomic E-state index is 5.43. The molecule has 0 radical (unpaired) electrons. The van der Waals surface area contributed by atoms with Gasteiger partial charge in [0.1, 0.15) is 0 Å². The van der Waals surface area contributed by atoms with Crippen LogP contribution in [-0.4, -0.2) is 54.7 Å². The number of benzene rings is 2. The molecule has 4 rings (SSSR count). The molecule has 0 amide bonds. The highest BCUT2D eigenvalue weighted by molar-refractivity contribution is 5.43. The Morgan fingerprint density at radius 2 is 1.53 bits per heavy atom. The summed E-state index contributed by atoms with van der Waals surface area (Å²) in [5.74, 6) is 0.818. The normalized spacial score (nSPS) is 15.6. The van der Waals surface area contributed by atoms with Gasteiger partial charge >= 0.3 is 0 Å². The number of aryl methyl sites for hydroxylation is 1. The van der Waals surface area contributed by atoms with E-state index < -0.39 is 0 Å². The number of anilines is 1. The molecule has 2 aromatic carbocycles. The lowest BCUT2D eigenvalue weighted by Gasteiger charge is -2.39. The molecule has 1 aliphatic heterocycles. The van der Waals surface area contributed by atoms with Crippen molar-refractivity contribution in [3.63, 3.8) is 0 Å². The number of nitrogens with one attached hydrogen (secondary N) is 1. The fraction of sp³-hybridized carbons (Fsp3) is 0.400. The first-order chi connectivity index (χ1) is 14.8. The highest BCUT2D eigenvalue weighted by atomic mass is 16.5. The third-order valence-electron chi connectivity index (χ3n) is 6.11. The highest BCUT2D eigenvalue weighted by Gasteiger charge is 2.26. The molecular formula is C25H32N4O. The first-order valence-electron chi connectivity index (χ1n) is 11.0. The lowest BCUT2D eigenvalue weighted by Crippen LogP contribution is -2.48. The van der Waals surface area contributed by atoms with Crippen LogP contribution in [0.4, 0.5) is 5.88 Å². The van der Waals surface area contributed by atoms with Gasteiger partial charge in [-0.25, -0.2) is 0 Å². The zero-order chi connectivity index (χ0) is 20.8. The molecule has 3 aromatic rings. The number of piperazine rings is 1. The molecule has 1 fully saturated rings. The van der Waals surface area contributed by atoms with Crippen molar-refractivity contribution in [1.82, 2.24) is 15.0 Å². The molecule has 158 valence electrons. The average Bonchev–Trinajstić information content (AvgIpc) is 3.22. The zero-order valence-electron chi connectivity index (χ0n) is 18.1. The van der Waals surface area contributed by atoms with E-state index in [-0.39, 0.29) is 0 Å². The van der Waals surface area contributed by atoms with E-state index >= 15 is 0 Å². The standard InChI is InChI=1S/C25H32N4O/c1-3-23-22(25(26-2)30-27-23)14-15-28-16-18-29(19-17-28)24(20-10-6-4-7-11-20)21-12-8-5-9-13-21/h4-13,24,26H,3,14-19H2,1-2H3. The van der Waals surface area contributed by atoms with Crippen LogP contribution >= 0.6 is 0 Å². The van der Waals surface area contributed by atoms with Gasteiger partial charge < -0.3 is 14.7 Å². The van der Waals surface area contributed by atoms with E-state index in [1.54, 1.807) is 0 Å². The van der Waals surface area contributed by atoms with Gasteiger partial charge in [-0.05, 0) is 24.0 Å². The summed E-state index contributed by atoms with van der Waals surface area (Å²) in [6, 6.07) is 22.1. The van der Waals surface area contributed by atoms with Gasteiger partial charge in [0.25, 0.3) is 0 Å². The van der Waals surface area contributed by atoms with Gasteiger partial charge in [0.15, 0.2) is 0 Å². The molecule has 1 saturated heterocycles. The SMILES string of the molecule is CCc1noc(NC)c1CCN1CCN(C(c2ccccc2)c2ccccc2)CC1. The summed E-state index contributed by atoms with van der Waals surface area (Å²) in [5, 5.41) is 7.35. The monoisotopic (exact) mass is 404 g/mol. The number of hydrogen-bond donors (Lipinski definition) is 1. The van der Waals surface area contributed by atoms with Crippen LogP contribution in [0.2, 0.25) is 0 Å². The van der Waals surface area contributed by atoms with Crippen LogP contribution < -0.4 is 5.32 Å². The number of rotatable bonds is 8. The molecule has 0 aliphatic carbocycles. The van der Waals surface area contributed by atoms with Crippen LogP contribution in [0.3, 0.4) is 0 Å². The Morgan fingerprint density at radius 1 is 0.933 bits per heavy atom. The van der Waals surface area contributed by atoms with Gasteiger partial charge in [-0.3, -0.25) is 4.90 Å². The summed E-state index contributed by atoms with van der Waals surface area (Å²) in [6.45, 7) is 7.47. The minimum absolute atomic E-state index is 0.315. The van der Waals surface area contributed by atoms with E-state index in [4.69, 9.17) is 4.52 Å². The van der Waals surface area contributed by atoms with Crippen molar-refractivity contribution < 1.29 is 4.52 Å². The first-order valence-corrected chi connectivity index (χ1v) is 11.0. The van der Waals surface area contributed by atoms with Crippen molar-refractivity contribution in [2.24, 2.45) is 0 Å². The molecule has 1 aliphatic rings. The molecule has 30 heavy (non-hydrogen) atoms. The summed E-state index contributed by atoms with van der Waals surface area (Å²) in [5.41, 5.74) is 5.04. The largest absolute Gasteiger partial charge is 0.357 e. The number of nitrogens with zero attached hydrogens (tertiary/aromatic N) is 3. The van der Waals surface area contributed by atoms with Crippen molar-refractivity contribution >= 4 is 5.88 Å². The zero-order valence-corrected chi connectivity index (χ0v) is 18.1. The van der Waals surface area contributed by atoms with Gasteiger partial charge in [0, 0.05) is 45.3 Å². The fourth-order valence-electron chi connectivity index (χ4n) is 4.47. The predicted molar refractivity (Wildman–Crippen MR) is 122 cm³/mol. The molecule has 5 nitrogen and oxygen atoms in total. The second-order valence-electron chi connectivity index (χ2n) is 7.89. The van der Waals surface area contributed by atoms with E-state index in [9.17, 15) is 0 Å². The van der Waals surface area contributed by atoms with Gasteiger partial charge in [-0.1, -0.05) is 72.7 Å². The Hall–Kier alpha value is -2.63. The highest BCUT2D eigenvalue weighted by Crippen LogP contribution is 2.29. The van der Waals surface area contributed by atoms with Gasteiger partial charge in [0.2, 0.25) is 5.88 Å². The van der Waals surface area contributed by atoms with Crippen molar-refractivity contribution in [2.75, 3.05) is 45.1 Å². The third kappa shape index (κ3) is 4.58. The predicted octanol–water partition coefficient (Wildman–Crippen LogP) is 4.23. The maximum atomic E-state index is 5.43. The Kier molecular flexibility index (Phi) is 6.82. The van der Waals surface area contributed by atoms with Crippen molar-refractivity contribution in [2.45, 2.75) is 25.8 Å². The summed E-state index contributed by atoms with van der Waals surface area (Å²) in [4.78, 5) is 5.19. The topological polar surface area (TPSA) is 44.5 Å². The number of aromatic nitrogens is 1. The minimum atomic E-state index is 0.315. The molecule has 1 N–H and O–H groups in total. The van der Waals surface area contributed by atoms with Gasteiger partial charge in [0.05, 0.1) is 11.7 Å². The van der Waals surface area contributed by atoms with Gasteiger partial charge in [-0.15, -0.1) is 0 Å². The lowest BCUT2D eigenvalue weighted by atomic mass is 9.96. The van der Waals surface area contributed by atoms with Crippen LogP contribution in [0.25, 0.3) is 0 Å². The van der Waals surface area contributed by atoms with Crippen molar-refractivity contribution in [3.8, 4) is 0 Å². The first kappa shape index (κ1) is 20.6. The Labute approximate surface area is 179 Å². The lowest BCUT2D eigenvalue weighted by molar-refractivity contribution is 0.110. The second kappa shape index (κ2) is 9.92. The molecular weight excluding hydrogens is 372 g/mol. The van der Waals surface area contributed by atoms with Crippen LogP contribution in [0.5, 0.6) is 0 Å². The molecule has 0 saturated carbocycles. The third-order valence-corrected chi connectivity index (χ3v) is 6.11. The van der Waals surface area contributed by atoms with E-state index in [1.807, 2.05) is 7.05 Å². The quantitative estimate of drug-likeness (QED) is 0.609. The fourth-order valence-corrected chi connectivity index (χ4v) is 4.47. The van der Waals surface area contributed by atoms with Crippen LogP contribution in [0.15, 0.2) is 65.2 Å². The number of hydrogen-bond acceptors (Lipinski definition) is 5. The van der Waals surface area contributed by atoms with E-state index in [0.29, 0.717) is 6.04 Å². The average molecular weight is 405 g/mol. The smallest absolute Gasteiger partial charge is 0.227 e. The summed E-state index contributed by atoms with van der Waals surface area (Å²) < 4.78 is 5.43. The Bertz CT molecular complexity index is 840. The molecule has 5 heteroatoms. The summed E-state index contributed by atoms with van der Waals surface area (Å²) in [6.07, 6.45) is 1.88. The molecule has 2 heterocycles. The molecule has 0 atom stereocenters. The second-order valence-corrected chi connectivity index (χ2v) is 7.89. The summed E-state index contributed by atoms with van der Waals surface area (Å²) in [7, 11) is 1.90. The minimum Gasteiger partial charge on any atom is -0.357 e. The van der Waals surface area contributed by atoms with Crippen molar-refractivity contribution in [1.29, 1.82) is 0 Å². The molecule has 0 bridgehead atoms. The molecule has 1 aromatic heterocycles. The van der Waals surface area contributed by atoms with Gasteiger partial charge in [-0.2, -0.15) is 0 Å². The maximum Gasteiger partial charge on any atom is 0.227 e. The van der Waals surface area contributed by atoms with Crippen molar-refractivity contribution in [3.05, 3.63) is 83.0 Å². The van der Waals surface area contributed by atoms with Crippen LogP contribution in [0.1, 0.15) is 35.3 Å². The van der Waals surface area contributed by atoms with E-state index in [0.717, 1.165) is 57.1 Å². The molecule has 0 spiro atoms. The summed E-state index contributed by atoms with van der Waals surface area (Å²) >= 11 is 0. The Morgan fingerprint density at radius 3 is 2.07 bits per heavy atom. The Balaban J connectivity index is 1.41. The molecule has 0 unspecified atom stereocenters. The van der Waals surface area contributed by atoms with Crippen LogP contribution in [-0.2, 0) is 12.8 Å². The van der Waals surface area contributed by atoms with E-state index in [1.165, 1.54) is 16.7 Å².